The molecule has 1 atom stereocenters. The Balaban J connectivity index is 1.35. The smallest absolute Gasteiger partial charge is 0.243 e. The van der Waals surface area contributed by atoms with Crippen molar-refractivity contribution in [3.8, 4) is 5.75 Å². The average molecular weight is 431 g/mol. The molecule has 2 aromatic carbocycles. The third-order valence-electron chi connectivity index (χ3n) is 5.10. The van der Waals surface area contributed by atoms with Gasteiger partial charge in [0.25, 0.3) is 0 Å². The molecule has 3 aromatic rings. The summed E-state index contributed by atoms with van der Waals surface area (Å²) in [5, 5.41) is 3.97. The van der Waals surface area contributed by atoms with Crippen molar-refractivity contribution < 1.29 is 22.1 Å². The largest absolute Gasteiger partial charge is 0.493 e. The Morgan fingerprint density at radius 3 is 2.73 bits per heavy atom. The maximum absolute atomic E-state index is 13.0. The van der Waals surface area contributed by atoms with E-state index in [0.717, 1.165) is 5.56 Å². The normalized spacial score (nSPS) is 17.3. The van der Waals surface area contributed by atoms with E-state index in [1.54, 1.807) is 37.3 Å². The highest BCUT2D eigenvalue weighted by molar-refractivity contribution is 7.89. The van der Waals surface area contributed by atoms with Gasteiger partial charge in [-0.15, -0.1) is 0 Å². The topological polar surface area (TPSA) is 85.5 Å². The number of rotatable bonds is 7. The predicted molar refractivity (Wildman–Crippen MR) is 107 cm³/mol. The van der Waals surface area contributed by atoms with Crippen LogP contribution in [0.2, 0.25) is 0 Å². The lowest BCUT2D eigenvalue weighted by molar-refractivity contribution is 0.312. The van der Waals surface area contributed by atoms with Crippen molar-refractivity contribution in [1.82, 2.24) is 14.4 Å². The Morgan fingerprint density at radius 2 is 1.97 bits per heavy atom. The predicted octanol–water partition coefficient (Wildman–Crippen LogP) is 3.32. The number of nitrogens with zero attached hydrogens (tertiary/aromatic N) is 3. The van der Waals surface area contributed by atoms with E-state index < -0.39 is 10.0 Å². The van der Waals surface area contributed by atoms with Crippen molar-refractivity contribution in [3.05, 3.63) is 71.6 Å². The van der Waals surface area contributed by atoms with Crippen LogP contribution >= 0.6 is 0 Å². The van der Waals surface area contributed by atoms with E-state index in [1.165, 1.54) is 16.4 Å². The average Bonchev–Trinajstić information content (AvgIpc) is 3.39. The minimum absolute atomic E-state index is 0.136. The van der Waals surface area contributed by atoms with Crippen molar-refractivity contribution in [3.63, 3.8) is 0 Å². The van der Waals surface area contributed by atoms with Crippen molar-refractivity contribution in [2.75, 3.05) is 19.7 Å². The van der Waals surface area contributed by atoms with Gasteiger partial charge in [0.15, 0.2) is 5.82 Å². The first kappa shape index (κ1) is 20.5. The molecule has 2 heterocycles. The van der Waals surface area contributed by atoms with Gasteiger partial charge < -0.3 is 9.26 Å². The molecule has 0 saturated carbocycles. The fourth-order valence-corrected chi connectivity index (χ4v) is 5.18. The number of ether oxygens (including phenoxy) is 1. The van der Waals surface area contributed by atoms with Gasteiger partial charge in [0.2, 0.25) is 15.9 Å². The highest BCUT2D eigenvalue weighted by Gasteiger charge is 2.36. The van der Waals surface area contributed by atoms with Crippen LogP contribution in [0.15, 0.2) is 57.9 Å². The third-order valence-corrected chi connectivity index (χ3v) is 7.13. The maximum atomic E-state index is 13.0. The Labute approximate surface area is 174 Å². The third kappa shape index (κ3) is 4.36. The molecule has 4 rings (SSSR count). The molecule has 0 amide bonds. The molecule has 7 nitrogen and oxygen atoms in total. The Morgan fingerprint density at radius 1 is 1.20 bits per heavy atom. The molecule has 1 fully saturated rings. The molecule has 0 bridgehead atoms. The Kier molecular flexibility index (Phi) is 5.83. The number of aryl methyl sites for hydroxylation is 1. The highest BCUT2D eigenvalue weighted by atomic mass is 32.2. The van der Waals surface area contributed by atoms with E-state index in [4.69, 9.17) is 9.26 Å². The number of benzene rings is 2. The van der Waals surface area contributed by atoms with Crippen LogP contribution in [0, 0.1) is 12.7 Å². The second-order valence-electron chi connectivity index (χ2n) is 7.22. The summed E-state index contributed by atoms with van der Waals surface area (Å²) in [6.07, 6.45) is 1.05. The van der Waals surface area contributed by atoms with Crippen molar-refractivity contribution in [2.24, 2.45) is 0 Å². The molecular formula is C21H22FN3O4S. The van der Waals surface area contributed by atoms with Crippen LogP contribution in [0.3, 0.4) is 0 Å². The van der Waals surface area contributed by atoms with Gasteiger partial charge in [-0.05, 0) is 49.2 Å². The zero-order valence-corrected chi connectivity index (χ0v) is 17.3. The van der Waals surface area contributed by atoms with Crippen LogP contribution in [0.5, 0.6) is 5.75 Å². The summed E-state index contributed by atoms with van der Waals surface area (Å²) < 4.78 is 51.2. The molecule has 0 radical (unpaired) electrons. The second-order valence-corrected chi connectivity index (χ2v) is 9.12. The van der Waals surface area contributed by atoms with Gasteiger partial charge in [-0.2, -0.15) is 9.29 Å². The molecule has 30 heavy (non-hydrogen) atoms. The van der Waals surface area contributed by atoms with Crippen LogP contribution in [0.25, 0.3) is 0 Å². The van der Waals surface area contributed by atoms with Crippen LogP contribution in [-0.4, -0.2) is 42.6 Å². The van der Waals surface area contributed by atoms with Gasteiger partial charge in [0.1, 0.15) is 11.6 Å². The summed E-state index contributed by atoms with van der Waals surface area (Å²) in [4.78, 5) is 4.73. The summed E-state index contributed by atoms with van der Waals surface area (Å²) in [6, 6.07) is 12.7. The van der Waals surface area contributed by atoms with Crippen molar-refractivity contribution in [2.45, 2.75) is 30.6 Å². The Hall–Kier alpha value is -2.78. The number of sulfonamides is 1. The molecule has 1 unspecified atom stereocenters. The SMILES string of the molecule is Cc1ccccc1S(=O)(=O)N1CCC(c2nc(CCOc3ccc(F)cc3)no2)C1. The van der Waals surface area contributed by atoms with E-state index in [9.17, 15) is 12.8 Å². The maximum Gasteiger partial charge on any atom is 0.243 e. The molecule has 1 aromatic heterocycles. The van der Waals surface area contributed by atoms with E-state index in [-0.39, 0.29) is 11.7 Å². The fraction of sp³-hybridized carbons (Fsp3) is 0.333. The molecule has 158 valence electrons. The lowest BCUT2D eigenvalue weighted by Crippen LogP contribution is -2.29. The first-order valence-electron chi connectivity index (χ1n) is 9.70. The summed E-state index contributed by atoms with van der Waals surface area (Å²) in [6.45, 7) is 2.83. The zero-order valence-electron chi connectivity index (χ0n) is 16.5. The van der Waals surface area contributed by atoms with E-state index in [0.29, 0.717) is 54.9 Å². The summed E-state index contributed by atoms with van der Waals surface area (Å²) in [5.74, 6) is 1.04. The molecule has 9 heteroatoms. The van der Waals surface area contributed by atoms with Crippen LogP contribution in [0.4, 0.5) is 4.39 Å². The molecule has 1 aliphatic rings. The highest BCUT2D eigenvalue weighted by Crippen LogP contribution is 2.31. The van der Waals surface area contributed by atoms with Crippen LogP contribution in [0.1, 0.15) is 29.6 Å². The first-order chi connectivity index (χ1) is 14.4. The lowest BCUT2D eigenvalue weighted by atomic mass is 10.1. The first-order valence-corrected chi connectivity index (χ1v) is 11.1. The molecule has 0 N–H and O–H groups in total. The van der Waals surface area contributed by atoms with E-state index >= 15 is 0 Å². The van der Waals surface area contributed by atoms with Crippen LogP contribution < -0.4 is 4.74 Å². The molecule has 1 saturated heterocycles. The van der Waals surface area contributed by atoms with Crippen molar-refractivity contribution in [1.29, 1.82) is 0 Å². The quantitative estimate of drug-likeness (QED) is 0.571. The van der Waals surface area contributed by atoms with Crippen LogP contribution in [-0.2, 0) is 16.4 Å². The zero-order chi connectivity index (χ0) is 21.1. The van der Waals surface area contributed by atoms with Gasteiger partial charge >= 0.3 is 0 Å². The van der Waals surface area contributed by atoms with Gasteiger partial charge in [-0.25, -0.2) is 12.8 Å². The fourth-order valence-electron chi connectivity index (χ4n) is 3.46. The van der Waals surface area contributed by atoms with E-state index in [1.807, 2.05) is 6.07 Å². The molecule has 0 aliphatic carbocycles. The molecule has 0 spiro atoms. The second kappa shape index (κ2) is 8.53. The van der Waals surface area contributed by atoms with Gasteiger partial charge in [0, 0.05) is 19.5 Å². The Bertz CT molecular complexity index is 1120. The monoisotopic (exact) mass is 431 g/mol. The van der Waals surface area contributed by atoms with Crippen molar-refractivity contribution >= 4 is 10.0 Å². The van der Waals surface area contributed by atoms with Gasteiger partial charge in [0.05, 0.1) is 17.4 Å². The number of aromatic nitrogens is 2. The number of halogens is 1. The number of hydrogen-bond donors (Lipinski definition) is 0. The molecular weight excluding hydrogens is 409 g/mol. The summed E-state index contributed by atoms with van der Waals surface area (Å²) in [5.41, 5.74) is 0.724. The number of hydrogen-bond acceptors (Lipinski definition) is 6. The summed E-state index contributed by atoms with van der Waals surface area (Å²) in [7, 11) is -3.55. The standard InChI is InChI=1S/C21H22FN3O4S/c1-15-4-2-3-5-19(15)30(26,27)25-12-10-16(14-25)21-23-20(24-29-21)11-13-28-18-8-6-17(22)7-9-18/h2-9,16H,10-14H2,1H3. The lowest BCUT2D eigenvalue weighted by Gasteiger charge is -2.17. The van der Waals surface area contributed by atoms with Gasteiger partial charge in [-0.1, -0.05) is 23.4 Å². The van der Waals surface area contributed by atoms with E-state index in [2.05, 4.69) is 10.1 Å². The minimum Gasteiger partial charge on any atom is -0.493 e. The minimum atomic E-state index is -3.55. The molecule has 1 aliphatic heterocycles. The van der Waals surface area contributed by atoms with Gasteiger partial charge in [-0.3, -0.25) is 0 Å². The summed E-state index contributed by atoms with van der Waals surface area (Å²) >= 11 is 0.